The van der Waals surface area contributed by atoms with Gasteiger partial charge in [0.1, 0.15) is 16.8 Å². The monoisotopic (exact) mass is 493 g/mol. The molecule has 34 heavy (non-hydrogen) atoms. The number of anilines is 1. The summed E-state index contributed by atoms with van der Waals surface area (Å²) >= 11 is 0. The lowest BCUT2D eigenvalue weighted by atomic mass is 9.71. The van der Waals surface area contributed by atoms with Gasteiger partial charge in [0, 0.05) is 5.69 Å². The normalized spacial score (nSPS) is 16.8. The molecule has 10 heteroatoms. The van der Waals surface area contributed by atoms with Crippen LogP contribution in [0.2, 0.25) is 0 Å². The van der Waals surface area contributed by atoms with Crippen LogP contribution in [-0.4, -0.2) is 48.5 Å². The van der Waals surface area contributed by atoms with Crippen molar-refractivity contribution >= 4 is 38.8 Å². The molecule has 188 valence electrons. The number of fused-ring (bicyclic) bond motifs is 2. The molecule has 0 saturated carbocycles. The van der Waals surface area contributed by atoms with Crippen LogP contribution in [0.1, 0.15) is 76.6 Å². The molecule has 0 radical (unpaired) electrons. The minimum absolute atomic E-state index is 0.0458. The van der Waals surface area contributed by atoms with Crippen molar-refractivity contribution in [2.24, 2.45) is 11.3 Å². The number of pyridine rings is 1. The van der Waals surface area contributed by atoms with Crippen molar-refractivity contribution in [3.63, 3.8) is 0 Å². The molecular formula is C24H35N3O6S. The Kier molecular flexibility index (Phi) is 6.78. The number of hydrogen-bond donors (Lipinski definition) is 1. The highest BCUT2D eigenvalue weighted by Crippen LogP contribution is 2.40. The number of aryl methyl sites for hydroxylation is 1. The summed E-state index contributed by atoms with van der Waals surface area (Å²) in [6, 6.07) is 1.83. The zero-order valence-electron chi connectivity index (χ0n) is 21.2. The average molecular weight is 494 g/mol. The van der Waals surface area contributed by atoms with E-state index in [1.165, 1.54) is 0 Å². The van der Waals surface area contributed by atoms with Crippen molar-refractivity contribution in [1.82, 2.24) is 9.55 Å². The number of esters is 1. The van der Waals surface area contributed by atoms with Crippen LogP contribution in [0.25, 0.3) is 11.0 Å². The number of carbonyl (C=O) groups excluding carboxylic acids is 2. The SMILES string of the molecule is CCOC(=O)c1c(NS(C)(=O)=O)c2nc3c(cc2n1C(=O)OC(C)(C)C)CC(C(C)(C)C)CC3. The summed E-state index contributed by atoms with van der Waals surface area (Å²) in [6.07, 6.45) is 2.60. The third-order valence-corrected chi connectivity index (χ3v) is 6.44. The quantitative estimate of drug-likeness (QED) is 0.623. The number of nitrogens with one attached hydrogen (secondary N) is 1. The van der Waals surface area contributed by atoms with E-state index in [0.717, 1.165) is 41.3 Å². The maximum atomic E-state index is 13.3. The Morgan fingerprint density at radius 1 is 1.21 bits per heavy atom. The zero-order chi connectivity index (χ0) is 25.6. The average Bonchev–Trinajstić information content (AvgIpc) is 2.96. The van der Waals surface area contributed by atoms with Gasteiger partial charge in [-0.05, 0) is 69.9 Å². The lowest BCUT2D eigenvalue weighted by Crippen LogP contribution is -2.30. The van der Waals surface area contributed by atoms with Gasteiger partial charge < -0.3 is 9.47 Å². The molecule has 0 spiro atoms. The number of rotatable bonds is 4. The number of ether oxygens (including phenoxy) is 2. The molecule has 3 rings (SSSR count). The van der Waals surface area contributed by atoms with Crippen LogP contribution in [0, 0.1) is 11.3 Å². The first kappa shape index (κ1) is 26.0. The highest BCUT2D eigenvalue weighted by Gasteiger charge is 2.35. The van der Waals surface area contributed by atoms with Crippen molar-refractivity contribution in [2.75, 3.05) is 17.6 Å². The van der Waals surface area contributed by atoms with Gasteiger partial charge in [0.05, 0.1) is 18.4 Å². The molecule has 0 aromatic carbocycles. The van der Waals surface area contributed by atoms with Crippen LogP contribution >= 0.6 is 0 Å². The fourth-order valence-corrected chi connectivity index (χ4v) is 4.83. The van der Waals surface area contributed by atoms with Crippen LogP contribution in [0.4, 0.5) is 10.5 Å². The Balaban J connectivity index is 2.34. The van der Waals surface area contributed by atoms with Crippen molar-refractivity contribution in [3.05, 3.63) is 23.0 Å². The molecule has 1 N–H and O–H groups in total. The van der Waals surface area contributed by atoms with Gasteiger partial charge in [-0.2, -0.15) is 0 Å². The van der Waals surface area contributed by atoms with E-state index < -0.39 is 27.7 Å². The number of hydrogen-bond acceptors (Lipinski definition) is 7. The van der Waals surface area contributed by atoms with Crippen molar-refractivity contribution < 1.29 is 27.5 Å². The second-order valence-corrected chi connectivity index (χ2v) is 12.7. The summed E-state index contributed by atoms with van der Waals surface area (Å²) in [5.74, 6) is -0.426. The Morgan fingerprint density at radius 3 is 2.38 bits per heavy atom. The summed E-state index contributed by atoms with van der Waals surface area (Å²) in [5, 5.41) is 0. The number of aromatic nitrogens is 2. The molecule has 2 heterocycles. The topological polar surface area (TPSA) is 117 Å². The third kappa shape index (κ3) is 5.54. The van der Waals surface area contributed by atoms with Gasteiger partial charge in [0.2, 0.25) is 10.0 Å². The van der Waals surface area contributed by atoms with Crippen molar-refractivity contribution in [1.29, 1.82) is 0 Å². The van der Waals surface area contributed by atoms with Crippen molar-refractivity contribution in [2.45, 2.75) is 73.3 Å². The second kappa shape index (κ2) is 8.87. The summed E-state index contributed by atoms with van der Waals surface area (Å²) < 4.78 is 38.7. The van der Waals surface area contributed by atoms with Crippen LogP contribution in [0.5, 0.6) is 0 Å². The van der Waals surface area contributed by atoms with Crippen LogP contribution < -0.4 is 4.72 Å². The first-order valence-corrected chi connectivity index (χ1v) is 13.4. The molecule has 1 atom stereocenters. The maximum absolute atomic E-state index is 13.3. The molecule has 0 bridgehead atoms. The number of nitrogens with zero attached hydrogens (tertiary/aromatic N) is 2. The first-order valence-electron chi connectivity index (χ1n) is 11.5. The van der Waals surface area contributed by atoms with E-state index in [1.807, 2.05) is 6.07 Å². The van der Waals surface area contributed by atoms with Gasteiger partial charge in [-0.15, -0.1) is 0 Å². The molecule has 9 nitrogen and oxygen atoms in total. The fourth-order valence-electron chi connectivity index (χ4n) is 4.26. The van der Waals surface area contributed by atoms with Gasteiger partial charge in [-0.1, -0.05) is 20.8 Å². The van der Waals surface area contributed by atoms with Gasteiger partial charge in [0.25, 0.3) is 0 Å². The van der Waals surface area contributed by atoms with E-state index in [0.29, 0.717) is 11.4 Å². The van der Waals surface area contributed by atoms with Crippen LogP contribution in [-0.2, 0) is 32.3 Å². The Morgan fingerprint density at radius 2 is 1.85 bits per heavy atom. The van der Waals surface area contributed by atoms with E-state index in [-0.39, 0.29) is 28.9 Å². The summed E-state index contributed by atoms with van der Waals surface area (Å²) in [6.45, 7) is 13.4. The largest absolute Gasteiger partial charge is 0.461 e. The molecule has 0 saturated heterocycles. The summed E-state index contributed by atoms with van der Waals surface area (Å²) in [5.41, 5.74) is 1.25. The number of sulfonamides is 1. The fraction of sp³-hybridized carbons (Fsp3) is 0.625. The highest BCUT2D eigenvalue weighted by molar-refractivity contribution is 7.92. The molecule has 2 aromatic heterocycles. The molecule has 1 aliphatic carbocycles. The second-order valence-electron chi connectivity index (χ2n) is 10.9. The Bertz CT molecular complexity index is 1230. The Labute approximate surface area is 201 Å². The van der Waals surface area contributed by atoms with E-state index in [4.69, 9.17) is 14.5 Å². The number of carbonyl (C=O) groups is 2. The Hall–Kier alpha value is -2.62. The van der Waals surface area contributed by atoms with E-state index in [9.17, 15) is 18.0 Å². The molecular weight excluding hydrogens is 458 g/mol. The van der Waals surface area contributed by atoms with Gasteiger partial charge >= 0.3 is 12.1 Å². The molecule has 0 fully saturated rings. The predicted octanol–water partition coefficient (Wildman–Crippen LogP) is 4.52. The zero-order valence-corrected chi connectivity index (χ0v) is 22.1. The van der Waals surface area contributed by atoms with Crippen LogP contribution in [0.15, 0.2) is 6.07 Å². The van der Waals surface area contributed by atoms with Gasteiger partial charge in [-0.25, -0.2) is 27.6 Å². The van der Waals surface area contributed by atoms with Crippen molar-refractivity contribution in [3.8, 4) is 0 Å². The molecule has 0 amide bonds. The minimum atomic E-state index is -3.80. The third-order valence-electron chi connectivity index (χ3n) is 5.86. The van der Waals surface area contributed by atoms with Crippen LogP contribution in [0.3, 0.4) is 0 Å². The molecule has 0 aliphatic heterocycles. The van der Waals surface area contributed by atoms with Gasteiger partial charge in [0.15, 0.2) is 5.69 Å². The lowest BCUT2D eigenvalue weighted by molar-refractivity contribution is 0.0455. The first-order chi connectivity index (χ1) is 15.5. The maximum Gasteiger partial charge on any atom is 0.419 e. The van der Waals surface area contributed by atoms with E-state index in [2.05, 4.69) is 25.5 Å². The lowest BCUT2D eigenvalue weighted by Gasteiger charge is -2.34. The smallest absolute Gasteiger partial charge is 0.419 e. The summed E-state index contributed by atoms with van der Waals surface area (Å²) in [4.78, 5) is 31.1. The minimum Gasteiger partial charge on any atom is -0.461 e. The molecule has 1 aliphatic rings. The van der Waals surface area contributed by atoms with E-state index in [1.54, 1.807) is 27.7 Å². The highest BCUT2D eigenvalue weighted by atomic mass is 32.2. The van der Waals surface area contributed by atoms with E-state index >= 15 is 0 Å². The molecule has 1 unspecified atom stereocenters. The van der Waals surface area contributed by atoms with Gasteiger partial charge in [-0.3, -0.25) is 4.72 Å². The summed E-state index contributed by atoms with van der Waals surface area (Å²) in [7, 11) is -3.80. The standard InChI is InChI=1S/C24H35N3O6S/c1-9-32-21(28)20-19(26-34(8,30)31)18-17(27(20)22(29)33-24(5,6)7)13-14-12-15(23(2,3)4)10-11-16(14)25-18/h13,15,26H,9-12H2,1-8H3. The predicted molar refractivity (Wildman–Crippen MR) is 131 cm³/mol. The molecule has 2 aromatic rings.